The van der Waals surface area contributed by atoms with Gasteiger partial charge in [-0.25, -0.2) is 4.79 Å². The molecule has 8 nitrogen and oxygen atoms in total. The number of anilines is 2. The van der Waals surface area contributed by atoms with Gasteiger partial charge in [0.1, 0.15) is 19.0 Å². The van der Waals surface area contributed by atoms with Crippen molar-refractivity contribution in [3.05, 3.63) is 78.9 Å². The number of amides is 1. The Bertz CT molecular complexity index is 1170. The van der Waals surface area contributed by atoms with Crippen LogP contribution in [0.4, 0.5) is 11.4 Å². The van der Waals surface area contributed by atoms with Crippen LogP contribution in [-0.2, 0) is 11.2 Å². The molecule has 2 rings (SSSR count). The summed E-state index contributed by atoms with van der Waals surface area (Å²) in [6, 6.07) is 6.38. The van der Waals surface area contributed by atoms with Gasteiger partial charge in [-0.05, 0) is 64.8 Å². The Morgan fingerprint density at radius 1 is 0.868 bits per heavy atom. The molecule has 0 fully saturated rings. The summed E-state index contributed by atoms with van der Waals surface area (Å²) < 4.78 is 23.1. The van der Waals surface area contributed by atoms with Crippen molar-refractivity contribution >= 4 is 23.3 Å². The summed E-state index contributed by atoms with van der Waals surface area (Å²) in [6.45, 7) is 18.7. The fourth-order valence-electron chi connectivity index (χ4n) is 3.58. The Kier molecular flexibility index (Phi) is 11.5. The van der Waals surface area contributed by atoms with Gasteiger partial charge in [0.25, 0.3) is 5.91 Å². The van der Waals surface area contributed by atoms with E-state index < -0.39 is 11.9 Å². The third kappa shape index (κ3) is 7.90. The number of nitrogens with one attached hydrogen (secondary N) is 1. The molecule has 204 valence electrons. The zero-order valence-electron chi connectivity index (χ0n) is 22.7. The molecule has 0 heterocycles. The van der Waals surface area contributed by atoms with Gasteiger partial charge in [0.15, 0.2) is 11.5 Å². The maximum absolute atomic E-state index is 13.6. The first kappa shape index (κ1) is 30.0. The lowest BCUT2D eigenvalue weighted by Crippen LogP contribution is -2.19. The average molecular weight is 523 g/mol. The lowest BCUT2D eigenvalue weighted by Gasteiger charge is -2.22. The van der Waals surface area contributed by atoms with Gasteiger partial charge in [-0.15, -0.1) is 6.58 Å². The molecule has 3 N–H and O–H groups in total. The quantitative estimate of drug-likeness (QED) is 0.165. The van der Waals surface area contributed by atoms with Crippen LogP contribution in [0, 0.1) is 0 Å². The lowest BCUT2D eigenvalue weighted by atomic mass is 9.99. The molecule has 0 unspecified atom stereocenters. The number of esters is 1. The van der Waals surface area contributed by atoms with Crippen LogP contribution in [0.15, 0.2) is 62.2 Å². The SMILES string of the molecule is C=CCCc1c(C(=O)OCC=C)ccc(NC(=O)c2ccc(N)c(OC(C)C)c2OCC=C)c1OC(C)C. The standard InChI is InChI=1S/C30H38N2O6/c1-8-11-12-21-22(30(34)36-18-10-3)14-16-25(26(21)37-19(4)5)32-29(33)23-13-15-24(31)28(38-20(6)7)27(23)35-17-9-2/h8-10,13-16,19-20H,1-3,11-12,17-18,31H2,4-7H3,(H,32,33). The number of rotatable bonds is 15. The summed E-state index contributed by atoms with van der Waals surface area (Å²) in [4.78, 5) is 26.4. The highest BCUT2D eigenvalue weighted by Gasteiger charge is 2.25. The van der Waals surface area contributed by atoms with E-state index in [0.29, 0.717) is 41.1 Å². The molecule has 38 heavy (non-hydrogen) atoms. The van der Waals surface area contributed by atoms with Crippen molar-refractivity contribution in [3.8, 4) is 17.2 Å². The van der Waals surface area contributed by atoms with Crippen molar-refractivity contribution in [1.29, 1.82) is 0 Å². The smallest absolute Gasteiger partial charge is 0.338 e. The summed E-state index contributed by atoms with van der Waals surface area (Å²) >= 11 is 0. The minimum Gasteiger partial charge on any atom is -0.489 e. The topological polar surface area (TPSA) is 109 Å². The van der Waals surface area contributed by atoms with E-state index in [1.165, 1.54) is 6.08 Å². The van der Waals surface area contributed by atoms with E-state index in [1.54, 1.807) is 36.4 Å². The molecular weight excluding hydrogens is 484 g/mol. The second-order valence-corrected chi connectivity index (χ2v) is 8.93. The average Bonchev–Trinajstić information content (AvgIpc) is 2.86. The summed E-state index contributed by atoms with van der Waals surface area (Å²) in [5.41, 5.74) is 8.05. The van der Waals surface area contributed by atoms with Crippen LogP contribution < -0.4 is 25.3 Å². The molecule has 0 atom stereocenters. The van der Waals surface area contributed by atoms with Crippen LogP contribution >= 0.6 is 0 Å². The van der Waals surface area contributed by atoms with Crippen molar-refractivity contribution in [3.63, 3.8) is 0 Å². The second kappa shape index (κ2) is 14.5. The number of benzene rings is 2. The molecule has 2 aromatic carbocycles. The van der Waals surface area contributed by atoms with Gasteiger partial charge >= 0.3 is 5.97 Å². The Hall–Kier alpha value is -4.20. The van der Waals surface area contributed by atoms with E-state index in [2.05, 4.69) is 25.1 Å². The maximum Gasteiger partial charge on any atom is 0.338 e. The number of nitrogens with two attached hydrogens (primary N) is 1. The normalized spacial score (nSPS) is 10.6. The Balaban J connectivity index is 2.62. The van der Waals surface area contributed by atoms with Crippen LogP contribution in [0.3, 0.4) is 0 Å². The third-order valence-electron chi connectivity index (χ3n) is 5.10. The van der Waals surface area contributed by atoms with Crippen molar-refractivity contribution in [2.75, 3.05) is 24.3 Å². The molecule has 2 aromatic rings. The van der Waals surface area contributed by atoms with E-state index in [-0.39, 0.29) is 42.5 Å². The molecule has 8 heteroatoms. The first-order chi connectivity index (χ1) is 18.1. The fourth-order valence-corrected chi connectivity index (χ4v) is 3.58. The van der Waals surface area contributed by atoms with Crippen molar-refractivity contribution in [2.24, 2.45) is 0 Å². The summed E-state index contributed by atoms with van der Waals surface area (Å²) in [6.07, 6.45) is 5.41. The summed E-state index contributed by atoms with van der Waals surface area (Å²) in [7, 11) is 0. The monoisotopic (exact) mass is 522 g/mol. The third-order valence-corrected chi connectivity index (χ3v) is 5.10. The first-order valence-corrected chi connectivity index (χ1v) is 12.5. The second-order valence-electron chi connectivity index (χ2n) is 8.93. The maximum atomic E-state index is 13.6. The number of carbonyl (C=O) groups is 2. The Morgan fingerprint density at radius 2 is 1.50 bits per heavy atom. The molecule has 0 spiro atoms. The minimum atomic E-state index is -0.510. The lowest BCUT2D eigenvalue weighted by molar-refractivity contribution is 0.0547. The predicted molar refractivity (Wildman–Crippen MR) is 151 cm³/mol. The molecule has 0 saturated heterocycles. The molecule has 0 aromatic heterocycles. The van der Waals surface area contributed by atoms with Crippen LogP contribution in [0.25, 0.3) is 0 Å². The molecule has 0 aliphatic heterocycles. The Morgan fingerprint density at radius 3 is 2.11 bits per heavy atom. The van der Waals surface area contributed by atoms with E-state index in [0.717, 1.165) is 0 Å². The Labute approximate surface area is 225 Å². The highest BCUT2D eigenvalue weighted by molar-refractivity contribution is 6.08. The minimum absolute atomic E-state index is 0.0734. The van der Waals surface area contributed by atoms with Crippen LogP contribution in [-0.4, -0.2) is 37.3 Å². The number of allylic oxidation sites excluding steroid dienone is 1. The van der Waals surface area contributed by atoms with Gasteiger partial charge in [0.2, 0.25) is 0 Å². The summed E-state index contributed by atoms with van der Waals surface area (Å²) in [5.74, 6) is -0.113. The van der Waals surface area contributed by atoms with E-state index in [1.807, 2.05) is 27.7 Å². The largest absolute Gasteiger partial charge is 0.489 e. The van der Waals surface area contributed by atoms with Gasteiger partial charge in [-0.3, -0.25) is 4.79 Å². The predicted octanol–water partition coefficient (Wildman–Crippen LogP) is 6.12. The molecular formula is C30H38N2O6. The summed E-state index contributed by atoms with van der Waals surface area (Å²) in [5, 5.41) is 2.91. The van der Waals surface area contributed by atoms with Crippen molar-refractivity contribution < 1.29 is 28.5 Å². The zero-order chi connectivity index (χ0) is 28.2. The van der Waals surface area contributed by atoms with Gasteiger partial charge in [-0.2, -0.15) is 0 Å². The zero-order valence-corrected chi connectivity index (χ0v) is 22.7. The highest BCUT2D eigenvalue weighted by atomic mass is 16.5. The van der Waals surface area contributed by atoms with Crippen LogP contribution in [0.1, 0.15) is 60.4 Å². The highest BCUT2D eigenvalue weighted by Crippen LogP contribution is 2.40. The van der Waals surface area contributed by atoms with Crippen LogP contribution in [0.5, 0.6) is 17.2 Å². The number of carbonyl (C=O) groups excluding carboxylic acids is 2. The van der Waals surface area contributed by atoms with Crippen molar-refractivity contribution in [1.82, 2.24) is 0 Å². The molecule has 0 aliphatic rings. The number of nitrogen functional groups attached to an aromatic ring is 1. The van der Waals surface area contributed by atoms with Gasteiger partial charge in [0.05, 0.1) is 34.7 Å². The van der Waals surface area contributed by atoms with E-state index >= 15 is 0 Å². The van der Waals surface area contributed by atoms with Gasteiger partial charge in [0, 0.05) is 5.56 Å². The van der Waals surface area contributed by atoms with Crippen LogP contribution in [0.2, 0.25) is 0 Å². The van der Waals surface area contributed by atoms with Gasteiger partial charge < -0.3 is 30.0 Å². The number of hydrogen-bond acceptors (Lipinski definition) is 7. The fraction of sp³-hybridized carbons (Fsp3) is 0.333. The van der Waals surface area contributed by atoms with E-state index in [4.69, 9.17) is 24.7 Å². The molecule has 0 saturated carbocycles. The van der Waals surface area contributed by atoms with Crippen molar-refractivity contribution in [2.45, 2.75) is 52.7 Å². The first-order valence-electron chi connectivity index (χ1n) is 12.5. The molecule has 1 amide bonds. The molecule has 0 bridgehead atoms. The van der Waals surface area contributed by atoms with Gasteiger partial charge in [-0.1, -0.05) is 31.4 Å². The number of hydrogen-bond donors (Lipinski definition) is 2. The molecule has 0 radical (unpaired) electrons. The number of ether oxygens (including phenoxy) is 4. The molecule has 0 aliphatic carbocycles. The van der Waals surface area contributed by atoms with E-state index in [9.17, 15) is 9.59 Å².